The van der Waals surface area contributed by atoms with Gasteiger partial charge in [-0.1, -0.05) is 13.0 Å². The minimum absolute atomic E-state index is 0.0117. The lowest BCUT2D eigenvalue weighted by molar-refractivity contribution is -0.138. The smallest absolute Gasteiger partial charge is 0.419 e. The molecule has 7 rings (SSSR count). The normalized spacial score (nSPS) is 22.9. The third-order valence-corrected chi connectivity index (χ3v) is 12.1. The first-order valence-electron chi connectivity index (χ1n) is 19.7. The molecule has 1 aromatic heterocycles. The molecule has 3 N–H and O–H groups in total. The largest absolute Gasteiger partial charge is 0.493 e. The molecule has 13 nitrogen and oxygen atoms in total. The van der Waals surface area contributed by atoms with Gasteiger partial charge in [0.1, 0.15) is 23.4 Å². The van der Waals surface area contributed by atoms with Crippen LogP contribution in [0.2, 0.25) is 0 Å². The third kappa shape index (κ3) is 8.60. The molecule has 0 saturated carbocycles. The van der Waals surface area contributed by atoms with E-state index in [4.69, 9.17) is 17.0 Å². The molecule has 4 aliphatic heterocycles. The van der Waals surface area contributed by atoms with E-state index in [0.29, 0.717) is 60.3 Å². The van der Waals surface area contributed by atoms with Gasteiger partial charge in [-0.05, 0) is 125 Å². The molecule has 4 saturated heterocycles. The molecule has 2 bridgehead atoms. The molecule has 3 aromatic rings. The van der Waals surface area contributed by atoms with Gasteiger partial charge in [-0.15, -0.1) is 0 Å². The van der Waals surface area contributed by atoms with Crippen LogP contribution in [0.5, 0.6) is 5.75 Å². The molecule has 4 fully saturated rings. The number of nitrogens with zero attached hydrogens (tertiary/aromatic N) is 5. The number of aryl methyl sites for hydroxylation is 1. The van der Waals surface area contributed by atoms with Gasteiger partial charge >= 0.3 is 6.18 Å². The van der Waals surface area contributed by atoms with Crippen molar-refractivity contribution in [2.24, 2.45) is 5.92 Å². The molecule has 2 aromatic carbocycles. The number of anilines is 4. The Hall–Kier alpha value is -5.60. The fourth-order valence-corrected chi connectivity index (χ4v) is 9.28. The van der Waals surface area contributed by atoms with Crippen molar-refractivity contribution in [2.75, 3.05) is 33.6 Å². The number of amides is 4. The van der Waals surface area contributed by atoms with Crippen LogP contribution in [-0.4, -0.2) is 75.4 Å². The number of hydrogen-bond acceptors (Lipinski definition) is 10. The Balaban J connectivity index is 0.931. The lowest BCUT2D eigenvalue weighted by Crippen LogP contribution is -2.47. The van der Waals surface area contributed by atoms with Crippen LogP contribution in [0.15, 0.2) is 54.7 Å². The number of benzene rings is 2. The number of aromatic nitrogens is 1. The molecule has 17 heteroatoms. The van der Waals surface area contributed by atoms with E-state index in [1.807, 2.05) is 25.1 Å². The number of imide groups is 1. The first-order valence-corrected chi connectivity index (χ1v) is 20.2. The Morgan fingerprint density at radius 3 is 2.46 bits per heavy atom. The second-order valence-electron chi connectivity index (χ2n) is 16.0. The van der Waals surface area contributed by atoms with E-state index in [1.165, 1.54) is 6.07 Å². The SMILES string of the molecule is CCc1cc(N2C(=S)N(c3cnc(C#N)c(C(F)(F)F)c3)C(=O)C2(C)C)ccc1OCC[C@@H]1C[C@H]2CC[C@@H](C1)N2CC(=O)Nc1cccc(NC2CCC(=O)NC2=O)c1. The van der Waals surface area contributed by atoms with E-state index >= 15 is 0 Å². The highest BCUT2D eigenvalue weighted by molar-refractivity contribution is 7.81. The predicted molar refractivity (Wildman–Crippen MR) is 218 cm³/mol. The lowest BCUT2D eigenvalue weighted by atomic mass is 9.88. The van der Waals surface area contributed by atoms with Gasteiger partial charge in [-0.25, -0.2) is 4.98 Å². The van der Waals surface area contributed by atoms with Crippen LogP contribution in [0.4, 0.5) is 35.9 Å². The molecule has 0 spiro atoms. The molecule has 4 aliphatic rings. The third-order valence-electron chi connectivity index (χ3n) is 11.7. The second-order valence-corrected chi connectivity index (χ2v) is 16.3. The summed E-state index contributed by atoms with van der Waals surface area (Å²) >= 11 is 5.70. The van der Waals surface area contributed by atoms with Gasteiger partial charge in [0.05, 0.1) is 30.6 Å². The molecule has 1 unspecified atom stereocenters. The summed E-state index contributed by atoms with van der Waals surface area (Å²) in [6.45, 7) is 6.06. The maximum Gasteiger partial charge on any atom is 0.419 e. The molecule has 4 amide bonds. The van der Waals surface area contributed by atoms with E-state index in [1.54, 1.807) is 43.0 Å². The Morgan fingerprint density at radius 1 is 1.05 bits per heavy atom. The first-order chi connectivity index (χ1) is 28.1. The Morgan fingerprint density at radius 2 is 1.78 bits per heavy atom. The number of halogens is 3. The highest BCUT2D eigenvalue weighted by Gasteiger charge is 2.51. The summed E-state index contributed by atoms with van der Waals surface area (Å²) in [5.41, 5.74) is -0.693. The van der Waals surface area contributed by atoms with Crippen LogP contribution in [0.1, 0.15) is 82.5 Å². The molecule has 59 heavy (non-hydrogen) atoms. The molecular weight excluding hydrogens is 786 g/mol. The molecule has 0 radical (unpaired) electrons. The van der Waals surface area contributed by atoms with Gasteiger partial charge in [-0.3, -0.25) is 34.3 Å². The molecule has 5 heterocycles. The summed E-state index contributed by atoms with van der Waals surface area (Å²) in [4.78, 5) is 59.2. The van der Waals surface area contributed by atoms with Gasteiger partial charge in [0, 0.05) is 35.6 Å². The Kier molecular flexibility index (Phi) is 11.7. The van der Waals surface area contributed by atoms with Crippen molar-refractivity contribution in [3.05, 3.63) is 71.5 Å². The van der Waals surface area contributed by atoms with Crippen molar-refractivity contribution in [3.63, 3.8) is 0 Å². The van der Waals surface area contributed by atoms with Gasteiger partial charge in [0.15, 0.2) is 10.8 Å². The van der Waals surface area contributed by atoms with Crippen molar-refractivity contribution in [3.8, 4) is 11.8 Å². The quantitative estimate of drug-likeness (QED) is 0.139. The minimum Gasteiger partial charge on any atom is -0.493 e. The highest BCUT2D eigenvalue weighted by Crippen LogP contribution is 2.42. The minimum atomic E-state index is -4.85. The van der Waals surface area contributed by atoms with E-state index < -0.39 is 34.9 Å². The maximum absolute atomic E-state index is 13.8. The van der Waals surface area contributed by atoms with Crippen LogP contribution >= 0.6 is 12.2 Å². The van der Waals surface area contributed by atoms with Gasteiger partial charge < -0.3 is 20.3 Å². The number of carbonyl (C=O) groups excluding carboxylic acids is 4. The number of thiocarbonyl (C=S) groups is 1. The molecule has 310 valence electrons. The van der Waals surface area contributed by atoms with Crippen LogP contribution in [0.3, 0.4) is 0 Å². The zero-order chi connectivity index (χ0) is 42.2. The number of rotatable bonds is 12. The standard InChI is InChI=1S/C42H45F3N8O5S/c1-4-25-18-30(53-40(59)52(39(57)41(53,2)3)31-20-32(42(43,44)45)34(21-46)47-22-31)10-12-35(25)58-15-14-24-16-28-8-9-29(17-24)51(28)23-37(55)49-27-7-5-6-26(19-27)48-33-11-13-36(54)50-38(33)56/h5-7,10,12,18-20,22,24,28-29,33,48H,4,8-9,11,13-17,23H2,1-3H3,(H,49,55)(H,50,54,56)/t24-,28-,29+,33?. The summed E-state index contributed by atoms with van der Waals surface area (Å²) < 4.78 is 47.6. The topological polar surface area (TPSA) is 160 Å². The molecule has 0 aliphatic carbocycles. The van der Waals surface area contributed by atoms with Crippen LogP contribution in [0, 0.1) is 17.2 Å². The van der Waals surface area contributed by atoms with Crippen LogP contribution < -0.4 is 30.5 Å². The summed E-state index contributed by atoms with van der Waals surface area (Å²) in [7, 11) is 0. The maximum atomic E-state index is 13.8. The fourth-order valence-electron chi connectivity index (χ4n) is 8.76. The summed E-state index contributed by atoms with van der Waals surface area (Å²) in [6.07, 6.45) is 2.31. The summed E-state index contributed by atoms with van der Waals surface area (Å²) in [6, 6.07) is 15.0. The van der Waals surface area contributed by atoms with Crippen molar-refractivity contribution in [1.82, 2.24) is 15.2 Å². The van der Waals surface area contributed by atoms with E-state index in [0.717, 1.165) is 54.8 Å². The number of pyridine rings is 1. The number of carbonyl (C=O) groups is 4. The highest BCUT2D eigenvalue weighted by atomic mass is 32.1. The number of hydrogen-bond donors (Lipinski definition) is 3. The average Bonchev–Trinajstić information content (AvgIpc) is 3.51. The van der Waals surface area contributed by atoms with Crippen LogP contribution in [0.25, 0.3) is 0 Å². The first kappa shape index (κ1) is 41.6. The number of alkyl halides is 3. The Labute approximate surface area is 345 Å². The Bertz CT molecular complexity index is 2210. The average molecular weight is 831 g/mol. The fraction of sp³-hybridized carbons (Fsp3) is 0.452. The second kappa shape index (κ2) is 16.6. The van der Waals surface area contributed by atoms with Crippen LogP contribution in [-0.2, 0) is 31.8 Å². The monoisotopic (exact) mass is 830 g/mol. The number of ether oxygens (including phenoxy) is 1. The summed E-state index contributed by atoms with van der Waals surface area (Å²) in [5, 5.41) is 17.7. The number of fused-ring (bicyclic) bond motifs is 2. The predicted octanol–water partition coefficient (Wildman–Crippen LogP) is 6.32. The van der Waals surface area contributed by atoms with E-state index in [9.17, 15) is 37.6 Å². The van der Waals surface area contributed by atoms with E-state index in [2.05, 4.69) is 25.8 Å². The van der Waals surface area contributed by atoms with Gasteiger partial charge in [0.2, 0.25) is 17.7 Å². The van der Waals surface area contributed by atoms with Crippen molar-refractivity contribution < 1.29 is 37.1 Å². The van der Waals surface area contributed by atoms with Crippen molar-refractivity contribution in [2.45, 2.75) is 102 Å². The lowest BCUT2D eigenvalue weighted by Gasteiger charge is -2.38. The molecular formula is C42H45F3N8O5S. The number of piperidine rings is 2. The summed E-state index contributed by atoms with van der Waals surface area (Å²) in [5.74, 6) is -0.148. The number of nitrogens with one attached hydrogen (secondary N) is 3. The van der Waals surface area contributed by atoms with Crippen molar-refractivity contribution in [1.29, 1.82) is 5.26 Å². The zero-order valence-electron chi connectivity index (χ0n) is 32.9. The number of nitriles is 1. The van der Waals surface area contributed by atoms with Gasteiger partial charge in [0.25, 0.3) is 5.91 Å². The zero-order valence-corrected chi connectivity index (χ0v) is 33.7. The molecule has 4 atom stereocenters. The van der Waals surface area contributed by atoms with Crippen molar-refractivity contribution >= 4 is 63.7 Å². The van der Waals surface area contributed by atoms with Gasteiger partial charge in [-0.2, -0.15) is 18.4 Å². The van der Waals surface area contributed by atoms with E-state index in [-0.39, 0.29) is 41.5 Å².